The second-order valence-electron chi connectivity index (χ2n) is 5.50. The van der Waals surface area contributed by atoms with Crippen LogP contribution in [0.4, 0.5) is 14.5 Å². The van der Waals surface area contributed by atoms with Gasteiger partial charge in [-0.3, -0.25) is 4.31 Å². The second-order valence-corrected chi connectivity index (χ2v) is 7.36. The van der Waals surface area contributed by atoms with Crippen LogP contribution in [0.5, 0.6) is 0 Å². The molecule has 1 aromatic rings. The molecule has 22 heavy (non-hydrogen) atoms. The normalized spacial score (nSPS) is 20.1. The van der Waals surface area contributed by atoms with E-state index in [0.717, 1.165) is 29.3 Å². The predicted molar refractivity (Wildman–Crippen MR) is 79.7 cm³/mol. The van der Waals surface area contributed by atoms with Crippen LogP contribution < -0.4 is 4.31 Å². The number of aliphatic hydroxyl groups excluding tert-OH is 1. The van der Waals surface area contributed by atoms with Crippen molar-refractivity contribution in [2.75, 3.05) is 30.5 Å². The quantitative estimate of drug-likeness (QED) is 0.892. The van der Waals surface area contributed by atoms with Crippen LogP contribution in [0.3, 0.4) is 0 Å². The van der Waals surface area contributed by atoms with Crippen molar-refractivity contribution in [3.8, 4) is 0 Å². The van der Waals surface area contributed by atoms with Gasteiger partial charge < -0.3 is 5.11 Å². The molecule has 0 radical (unpaired) electrons. The minimum absolute atomic E-state index is 0.220. The minimum Gasteiger partial charge on any atom is -0.394 e. The Morgan fingerprint density at radius 1 is 1.41 bits per heavy atom. The van der Waals surface area contributed by atoms with Gasteiger partial charge in [0.1, 0.15) is 11.6 Å². The van der Waals surface area contributed by atoms with Crippen LogP contribution in [0.1, 0.15) is 19.8 Å². The van der Waals surface area contributed by atoms with Crippen molar-refractivity contribution in [2.24, 2.45) is 5.92 Å². The minimum atomic E-state index is -3.96. The lowest BCUT2D eigenvalue weighted by Gasteiger charge is -2.35. The molecule has 2 rings (SSSR count). The van der Waals surface area contributed by atoms with Gasteiger partial charge in [0.15, 0.2) is 0 Å². The molecule has 1 N–H and O–H groups in total. The molecule has 5 nitrogen and oxygen atoms in total. The summed E-state index contributed by atoms with van der Waals surface area (Å²) < 4.78 is 54.6. The lowest BCUT2D eigenvalue weighted by atomic mass is 10.0. The van der Waals surface area contributed by atoms with Gasteiger partial charge in [-0.15, -0.1) is 0 Å². The summed E-state index contributed by atoms with van der Waals surface area (Å²) in [5.74, 6) is -1.53. The van der Waals surface area contributed by atoms with Gasteiger partial charge in [0.05, 0.1) is 18.8 Å². The molecule has 0 bridgehead atoms. The highest BCUT2D eigenvalue weighted by molar-refractivity contribution is 7.90. The number of halogens is 2. The molecule has 1 aromatic carbocycles. The molecule has 0 amide bonds. The molecule has 8 heteroatoms. The van der Waals surface area contributed by atoms with Crippen LogP contribution in [-0.2, 0) is 10.2 Å². The number of nitrogens with zero attached hydrogens (tertiary/aromatic N) is 2. The molecule has 1 aliphatic rings. The number of rotatable bonds is 5. The average molecular weight is 334 g/mol. The van der Waals surface area contributed by atoms with Crippen LogP contribution in [0.15, 0.2) is 18.2 Å². The van der Waals surface area contributed by atoms with Crippen molar-refractivity contribution in [1.82, 2.24) is 4.31 Å². The Morgan fingerprint density at radius 3 is 2.73 bits per heavy atom. The number of hydrogen-bond donors (Lipinski definition) is 1. The number of aliphatic hydroxyl groups is 1. The molecule has 0 aliphatic carbocycles. The number of benzene rings is 1. The summed E-state index contributed by atoms with van der Waals surface area (Å²) in [6.45, 7) is 1.93. The topological polar surface area (TPSA) is 60.9 Å². The van der Waals surface area contributed by atoms with Crippen molar-refractivity contribution in [1.29, 1.82) is 0 Å². The maximum Gasteiger partial charge on any atom is 0.304 e. The number of anilines is 1. The maximum absolute atomic E-state index is 14.0. The Kier molecular flexibility index (Phi) is 5.36. The summed E-state index contributed by atoms with van der Waals surface area (Å²) in [5, 5.41) is 9.14. The lowest BCUT2D eigenvalue weighted by molar-refractivity contribution is 0.276. The van der Waals surface area contributed by atoms with Gasteiger partial charge in [-0.05, 0) is 30.9 Å². The van der Waals surface area contributed by atoms with Gasteiger partial charge >= 0.3 is 10.2 Å². The summed E-state index contributed by atoms with van der Waals surface area (Å²) in [4.78, 5) is 0. The highest BCUT2D eigenvalue weighted by Crippen LogP contribution is 2.27. The summed E-state index contributed by atoms with van der Waals surface area (Å²) in [6, 6.07) is 2.70. The van der Waals surface area contributed by atoms with Crippen molar-refractivity contribution < 1.29 is 22.3 Å². The molecule has 0 aromatic heterocycles. The monoisotopic (exact) mass is 334 g/mol. The second kappa shape index (κ2) is 6.89. The van der Waals surface area contributed by atoms with Gasteiger partial charge in [-0.2, -0.15) is 12.7 Å². The van der Waals surface area contributed by atoms with Crippen molar-refractivity contribution in [3.63, 3.8) is 0 Å². The van der Waals surface area contributed by atoms with Gasteiger partial charge in [0.25, 0.3) is 0 Å². The van der Waals surface area contributed by atoms with Crippen LogP contribution >= 0.6 is 0 Å². The Hall–Kier alpha value is -1.25. The smallest absolute Gasteiger partial charge is 0.304 e. The van der Waals surface area contributed by atoms with Gasteiger partial charge in [-0.25, -0.2) is 8.78 Å². The summed E-state index contributed by atoms with van der Waals surface area (Å²) in [7, 11) is -3.96. The highest BCUT2D eigenvalue weighted by atomic mass is 32.2. The fourth-order valence-electron chi connectivity index (χ4n) is 2.63. The van der Waals surface area contributed by atoms with E-state index in [-0.39, 0.29) is 18.2 Å². The summed E-state index contributed by atoms with van der Waals surface area (Å²) in [5.41, 5.74) is -0.256. The molecule has 1 heterocycles. The third-order valence-electron chi connectivity index (χ3n) is 3.71. The van der Waals surface area contributed by atoms with E-state index in [9.17, 15) is 17.2 Å². The Morgan fingerprint density at radius 2 is 2.14 bits per heavy atom. The van der Waals surface area contributed by atoms with E-state index in [0.29, 0.717) is 19.2 Å². The Bertz CT molecular complexity index is 625. The molecule has 1 saturated heterocycles. The van der Waals surface area contributed by atoms with E-state index in [4.69, 9.17) is 5.11 Å². The van der Waals surface area contributed by atoms with Crippen LogP contribution in [0, 0.1) is 17.6 Å². The first-order valence-corrected chi connectivity index (χ1v) is 8.59. The number of hydrogen-bond acceptors (Lipinski definition) is 3. The first-order chi connectivity index (χ1) is 10.4. The first kappa shape index (κ1) is 17.1. The zero-order valence-corrected chi connectivity index (χ0v) is 13.2. The molecule has 124 valence electrons. The lowest BCUT2D eigenvalue weighted by Crippen LogP contribution is -2.49. The van der Waals surface area contributed by atoms with Crippen molar-refractivity contribution in [2.45, 2.75) is 19.8 Å². The van der Waals surface area contributed by atoms with Gasteiger partial charge in [0, 0.05) is 19.2 Å². The summed E-state index contributed by atoms with van der Waals surface area (Å²) in [6.07, 6.45) is 1.68. The zero-order valence-electron chi connectivity index (χ0n) is 12.4. The van der Waals surface area contributed by atoms with Gasteiger partial charge in [-0.1, -0.05) is 6.92 Å². The summed E-state index contributed by atoms with van der Waals surface area (Å²) >= 11 is 0. The third-order valence-corrected chi connectivity index (χ3v) is 5.63. The van der Waals surface area contributed by atoms with E-state index in [1.54, 1.807) is 0 Å². The molecule has 0 saturated carbocycles. The predicted octanol–water partition coefficient (Wildman–Crippen LogP) is 1.74. The fourth-order valence-corrected chi connectivity index (χ4v) is 4.42. The van der Waals surface area contributed by atoms with E-state index in [1.807, 2.05) is 6.92 Å². The molecule has 0 unspecified atom stereocenters. The average Bonchev–Trinajstić information content (AvgIpc) is 2.45. The standard InChI is InChI=1S/C14H20F2N2O3S/c1-11-3-2-6-17(10-11)22(20,21)18(7-8-19)14-5-4-12(15)9-13(14)16/h4-5,9,11,19H,2-3,6-8,10H2,1H3/t11-/m1/s1. The SMILES string of the molecule is C[C@@H]1CCCN(S(=O)(=O)N(CCO)c2ccc(F)cc2F)C1. The van der Waals surface area contributed by atoms with E-state index in [1.165, 1.54) is 4.31 Å². The van der Waals surface area contributed by atoms with E-state index >= 15 is 0 Å². The molecule has 1 fully saturated rings. The Labute approximate surface area is 129 Å². The fraction of sp³-hybridized carbons (Fsp3) is 0.571. The largest absolute Gasteiger partial charge is 0.394 e. The van der Waals surface area contributed by atoms with Crippen LogP contribution in [0.25, 0.3) is 0 Å². The van der Waals surface area contributed by atoms with Crippen LogP contribution in [-0.4, -0.2) is 44.1 Å². The molecular formula is C14H20F2N2O3S. The maximum atomic E-state index is 14.0. The molecule has 0 spiro atoms. The molecular weight excluding hydrogens is 314 g/mol. The Balaban J connectivity index is 2.37. The molecule has 1 atom stereocenters. The third kappa shape index (κ3) is 3.56. The first-order valence-electron chi connectivity index (χ1n) is 7.20. The zero-order chi connectivity index (χ0) is 16.3. The van der Waals surface area contributed by atoms with Crippen molar-refractivity contribution >= 4 is 15.9 Å². The van der Waals surface area contributed by atoms with E-state index in [2.05, 4.69) is 0 Å². The van der Waals surface area contributed by atoms with Gasteiger partial charge in [0.2, 0.25) is 0 Å². The number of piperidine rings is 1. The van der Waals surface area contributed by atoms with Crippen molar-refractivity contribution in [3.05, 3.63) is 29.8 Å². The van der Waals surface area contributed by atoms with E-state index < -0.39 is 28.5 Å². The van der Waals surface area contributed by atoms with Crippen LogP contribution in [0.2, 0.25) is 0 Å². The molecule has 1 aliphatic heterocycles. The highest BCUT2D eigenvalue weighted by Gasteiger charge is 2.33.